The van der Waals surface area contributed by atoms with Gasteiger partial charge < -0.3 is 9.47 Å². The Balaban J connectivity index is 1.49. The van der Waals surface area contributed by atoms with Crippen LogP contribution in [0.3, 0.4) is 0 Å². The molecule has 2 atom stereocenters. The van der Waals surface area contributed by atoms with E-state index in [1.54, 1.807) is 24.3 Å². The van der Waals surface area contributed by atoms with Crippen molar-refractivity contribution >= 4 is 11.9 Å². The SMILES string of the molecule is O=C(OCCC(c1ccccc1)C(CCOC(=O)c1ccccc1)c1ccccc1)c1ccccc1. The van der Waals surface area contributed by atoms with Crippen LogP contribution in [0.2, 0.25) is 0 Å². The van der Waals surface area contributed by atoms with Gasteiger partial charge in [-0.2, -0.15) is 0 Å². The fourth-order valence-corrected chi connectivity index (χ4v) is 4.47. The lowest BCUT2D eigenvalue weighted by Crippen LogP contribution is -2.18. The molecule has 4 aromatic rings. The zero-order valence-electron chi connectivity index (χ0n) is 20.2. The van der Waals surface area contributed by atoms with Gasteiger partial charge in [0.05, 0.1) is 24.3 Å². The average molecular weight is 479 g/mol. The Morgan fingerprint density at radius 3 is 1.11 bits per heavy atom. The largest absolute Gasteiger partial charge is 0.462 e. The maximum absolute atomic E-state index is 12.5. The minimum atomic E-state index is -0.324. The van der Waals surface area contributed by atoms with Gasteiger partial charge in [0.25, 0.3) is 0 Å². The molecule has 0 spiro atoms. The van der Waals surface area contributed by atoms with Gasteiger partial charge in [0, 0.05) is 0 Å². The minimum absolute atomic E-state index is 0.0765. The number of carbonyl (C=O) groups is 2. The first-order valence-corrected chi connectivity index (χ1v) is 12.3. The quantitative estimate of drug-likeness (QED) is 0.217. The highest BCUT2D eigenvalue weighted by Crippen LogP contribution is 2.38. The highest BCUT2D eigenvalue weighted by Gasteiger charge is 2.26. The third-order valence-electron chi connectivity index (χ3n) is 6.28. The molecule has 0 aliphatic heterocycles. The first-order valence-electron chi connectivity index (χ1n) is 12.3. The van der Waals surface area contributed by atoms with Crippen molar-refractivity contribution in [1.82, 2.24) is 0 Å². The van der Waals surface area contributed by atoms with Gasteiger partial charge in [-0.15, -0.1) is 0 Å². The van der Waals surface area contributed by atoms with Crippen LogP contribution in [-0.4, -0.2) is 25.2 Å². The standard InChI is InChI=1S/C32H30O4/c33-31(27-17-9-3-10-18-27)35-23-21-29(25-13-5-1-6-14-25)30(26-15-7-2-8-16-26)22-24-36-32(34)28-19-11-4-12-20-28/h1-20,29-30H,21-24H2. The van der Waals surface area contributed by atoms with Gasteiger partial charge in [0.1, 0.15) is 0 Å². The summed E-state index contributed by atoms with van der Waals surface area (Å²) in [6.07, 6.45) is 1.30. The summed E-state index contributed by atoms with van der Waals surface area (Å²) in [5.74, 6) is -0.494. The van der Waals surface area contributed by atoms with Crippen molar-refractivity contribution in [1.29, 1.82) is 0 Å². The number of hydrogen-bond donors (Lipinski definition) is 0. The Morgan fingerprint density at radius 2 is 0.778 bits per heavy atom. The third kappa shape index (κ3) is 6.92. The topological polar surface area (TPSA) is 52.6 Å². The maximum atomic E-state index is 12.5. The van der Waals surface area contributed by atoms with E-state index in [9.17, 15) is 9.59 Å². The smallest absolute Gasteiger partial charge is 0.338 e. The second-order valence-corrected chi connectivity index (χ2v) is 8.62. The van der Waals surface area contributed by atoms with E-state index in [1.807, 2.05) is 72.8 Å². The van der Waals surface area contributed by atoms with E-state index in [0.717, 1.165) is 11.1 Å². The van der Waals surface area contributed by atoms with Crippen molar-refractivity contribution in [2.45, 2.75) is 24.7 Å². The van der Waals surface area contributed by atoms with Crippen molar-refractivity contribution < 1.29 is 19.1 Å². The summed E-state index contributed by atoms with van der Waals surface area (Å²) in [6.45, 7) is 0.584. The Morgan fingerprint density at radius 1 is 0.472 bits per heavy atom. The monoisotopic (exact) mass is 478 g/mol. The van der Waals surface area contributed by atoms with E-state index in [0.29, 0.717) is 37.2 Å². The Bertz CT molecular complexity index is 1110. The zero-order chi connectivity index (χ0) is 25.0. The normalized spacial score (nSPS) is 12.3. The summed E-state index contributed by atoms with van der Waals surface area (Å²) in [5.41, 5.74) is 3.41. The number of rotatable bonds is 11. The van der Waals surface area contributed by atoms with Crippen LogP contribution in [0.4, 0.5) is 0 Å². The molecule has 2 unspecified atom stereocenters. The minimum Gasteiger partial charge on any atom is -0.462 e. The molecule has 0 aliphatic carbocycles. The van der Waals surface area contributed by atoms with Crippen molar-refractivity contribution in [3.63, 3.8) is 0 Å². The molecule has 0 aromatic heterocycles. The summed E-state index contributed by atoms with van der Waals surface area (Å²) in [5, 5.41) is 0. The second kappa shape index (κ2) is 13.1. The molecule has 0 N–H and O–H groups in total. The van der Waals surface area contributed by atoms with Crippen LogP contribution < -0.4 is 0 Å². The highest BCUT2D eigenvalue weighted by molar-refractivity contribution is 5.89. The fourth-order valence-electron chi connectivity index (χ4n) is 4.47. The summed E-state index contributed by atoms with van der Waals surface area (Å²) in [7, 11) is 0. The number of hydrogen-bond acceptors (Lipinski definition) is 4. The molecule has 4 aromatic carbocycles. The highest BCUT2D eigenvalue weighted by atomic mass is 16.5. The Hall–Kier alpha value is -4.18. The van der Waals surface area contributed by atoms with Crippen LogP contribution >= 0.6 is 0 Å². The number of esters is 2. The van der Waals surface area contributed by atoms with E-state index in [4.69, 9.17) is 9.47 Å². The van der Waals surface area contributed by atoms with E-state index >= 15 is 0 Å². The van der Waals surface area contributed by atoms with Crippen LogP contribution in [0.15, 0.2) is 121 Å². The molecule has 0 aliphatic rings. The van der Waals surface area contributed by atoms with Crippen molar-refractivity contribution in [3.05, 3.63) is 144 Å². The maximum Gasteiger partial charge on any atom is 0.338 e. The second-order valence-electron chi connectivity index (χ2n) is 8.62. The molecule has 0 radical (unpaired) electrons. The average Bonchev–Trinajstić information content (AvgIpc) is 2.95. The lowest BCUT2D eigenvalue weighted by Gasteiger charge is -2.28. The molecule has 0 fully saturated rings. The van der Waals surface area contributed by atoms with Crippen LogP contribution in [0.5, 0.6) is 0 Å². The predicted octanol–water partition coefficient (Wildman–Crippen LogP) is 7.05. The Labute approximate surface area is 212 Å². The Kier molecular flexibility index (Phi) is 9.04. The van der Waals surface area contributed by atoms with Crippen LogP contribution in [0, 0.1) is 0 Å². The number of ether oxygens (including phenoxy) is 2. The van der Waals surface area contributed by atoms with E-state index in [2.05, 4.69) is 24.3 Å². The number of carbonyl (C=O) groups excluding carboxylic acids is 2. The lowest BCUT2D eigenvalue weighted by atomic mass is 9.78. The predicted molar refractivity (Wildman–Crippen MR) is 141 cm³/mol. The molecule has 36 heavy (non-hydrogen) atoms. The van der Waals surface area contributed by atoms with Crippen LogP contribution in [-0.2, 0) is 9.47 Å². The summed E-state index contributed by atoms with van der Waals surface area (Å²) < 4.78 is 11.3. The lowest BCUT2D eigenvalue weighted by molar-refractivity contribution is 0.0458. The molecule has 0 saturated heterocycles. The molecule has 0 heterocycles. The zero-order valence-corrected chi connectivity index (χ0v) is 20.2. The first kappa shape index (κ1) is 24.9. The van der Waals surface area contributed by atoms with Gasteiger partial charge in [0.15, 0.2) is 0 Å². The van der Waals surface area contributed by atoms with E-state index in [-0.39, 0.29) is 23.8 Å². The molecule has 4 nitrogen and oxygen atoms in total. The van der Waals surface area contributed by atoms with Gasteiger partial charge in [0.2, 0.25) is 0 Å². The van der Waals surface area contributed by atoms with E-state index < -0.39 is 0 Å². The number of benzene rings is 4. The van der Waals surface area contributed by atoms with Gasteiger partial charge in [-0.05, 0) is 60.1 Å². The van der Waals surface area contributed by atoms with Gasteiger partial charge in [-0.1, -0.05) is 97.1 Å². The van der Waals surface area contributed by atoms with Crippen molar-refractivity contribution in [2.24, 2.45) is 0 Å². The molecule has 0 amide bonds. The fraction of sp³-hybridized carbons (Fsp3) is 0.188. The van der Waals surface area contributed by atoms with Crippen LogP contribution in [0.1, 0.15) is 56.5 Å². The third-order valence-corrected chi connectivity index (χ3v) is 6.28. The molecule has 4 rings (SSSR count). The molecule has 182 valence electrons. The van der Waals surface area contributed by atoms with Crippen molar-refractivity contribution in [2.75, 3.05) is 13.2 Å². The molecule has 4 heteroatoms. The molecular weight excluding hydrogens is 448 g/mol. The molecular formula is C32H30O4. The summed E-state index contributed by atoms with van der Waals surface area (Å²) in [6, 6.07) is 38.6. The van der Waals surface area contributed by atoms with Gasteiger partial charge in [-0.3, -0.25) is 0 Å². The first-order chi connectivity index (χ1) is 17.7. The summed E-state index contributed by atoms with van der Waals surface area (Å²) in [4.78, 5) is 25.0. The van der Waals surface area contributed by atoms with Crippen molar-refractivity contribution in [3.8, 4) is 0 Å². The van der Waals surface area contributed by atoms with E-state index in [1.165, 1.54) is 0 Å². The van der Waals surface area contributed by atoms with Crippen LogP contribution in [0.25, 0.3) is 0 Å². The van der Waals surface area contributed by atoms with Gasteiger partial charge >= 0.3 is 11.9 Å². The molecule has 0 bridgehead atoms. The van der Waals surface area contributed by atoms with Gasteiger partial charge in [-0.25, -0.2) is 9.59 Å². The molecule has 0 saturated carbocycles. The summed E-state index contributed by atoms with van der Waals surface area (Å²) >= 11 is 0.